The van der Waals surface area contributed by atoms with Gasteiger partial charge in [-0.3, -0.25) is 0 Å². The molecular formula is C12H12BrFN2O. The van der Waals surface area contributed by atoms with Crippen molar-refractivity contribution in [2.24, 2.45) is 0 Å². The number of aromatic nitrogens is 2. The number of aryl methyl sites for hydroxylation is 1. The van der Waals surface area contributed by atoms with E-state index in [4.69, 9.17) is 0 Å². The Morgan fingerprint density at radius 2 is 2.29 bits per heavy atom. The molecule has 0 amide bonds. The van der Waals surface area contributed by atoms with Crippen LogP contribution in [-0.4, -0.2) is 14.7 Å². The molecule has 3 nitrogen and oxygen atoms in total. The number of aliphatic hydroxyl groups is 1. The molecular weight excluding hydrogens is 287 g/mol. The molecule has 1 atom stereocenters. The quantitative estimate of drug-likeness (QED) is 0.946. The van der Waals surface area contributed by atoms with Gasteiger partial charge < -0.3 is 9.67 Å². The van der Waals surface area contributed by atoms with Crippen LogP contribution in [0.25, 0.3) is 0 Å². The van der Waals surface area contributed by atoms with Crippen LogP contribution in [0.15, 0.2) is 35.1 Å². The van der Waals surface area contributed by atoms with Gasteiger partial charge >= 0.3 is 0 Å². The van der Waals surface area contributed by atoms with Gasteiger partial charge in [0.1, 0.15) is 17.7 Å². The van der Waals surface area contributed by atoms with E-state index in [0.717, 1.165) is 0 Å². The number of nitrogens with zero attached hydrogens (tertiary/aromatic N) is 2. The Hall–Kier alpha value is -1.20. The molecule has 0 aliphatic rings. The van der Waals surface area contributed by atoms with E-state index in [9.17, 15) is 9.50 Å². The van der Waals surface area contributed by atoms with Crippen LogP contribution >= 0.6 is 15.9 Å². The highest BCUT2D eigenvalue weighted by molar-refractivity contribution is 9.10. The van der Waals surface area contributed by atoms with E-state index >= 15 is 0 Å². The normalized spacial score (nSPS) is 12.7. The van der Waals surface area contributed by atoms with Gasteiger partial charge in [0.2, 0.25) is 0 Å². The van der Waals surface area contributed by atoms with Crippen molar-refractivity contribution >= 4 is 15.9 Å². The zero-order valence-electron chi connectivity index (χ0n) is 9.27. The first-order valence-electron chi connectivity index (χ1n) is 5.28. The maximum atomic E-state index is 13.8. The lowest BCUT2D eigenvalue weighted by molar-refractivity contribution is 0.199. The van der Waals surface area contributed by atoms with Crippen molar-refractivity contribution < 1.29 is 9.50 Å². The second-order valence-corrected chi connectivity index (χ2v) is 4.47. The number of hydrogen-bond donors (Lipinski definition) is 1. The predicted octanol–water partition coefficient (Wildman–Crippen LogP) is 2.89. The van der Waals surface area contributed by atoms with Crippen molar-refractivity contribution in [3.8, 4) is 0 Å². The van der Waals surface area contributed by atoms with E-state index in [0.29, 0.717) is 16.8 Å². The van der Waals surface area contributed by atoms with Crippen molar-refractivity contribution in [2.45, 2.75) is 19.6 Å². The van der Waals surface area contributed by atoms with Crippen LogP contribution < -0.4 is 0 Å². The van der Waals surface area contributed by atoms with Gasteiger partial charge in [-0.1, -0.05) is 12.1 Å². The third-order valence-electron chi connectivity index (χ3n) is 2.61. The van der Waals surface area contributed by atoms with Gasteiger partial charge in [0.05, 0.1) is 4.47 Å². The molecule has 2 rings (SSSR count). The van der Waals surface area contributed by atoms with Crippen LogP contribution in [0.4, 0.5) is 4.39 Å². The van der Waals surface area contributed by atoms with Gasteiger partial charge in [-0.05, 0) is 28.9 Å². The summed E-state index contributed by atoms with van der Waals surface area (Å²) in [5, 5.41) is 10.2. The van der Waals surface area contributed by atoms with E-state index < -0.39 is 11.9 Å². The first-order valence-corrected chi connectivity index (χ1v) is 6.07. The standard InChI is InChI=1S/C12H12BrFN2O/c1-2-16-7-6-15-12(16)11(17)8-4-3-5-9(13)10(8)14/h3-7,11,17H,2H2,1H3. The van der Waals surface area contributed by atoms with E-state index in [1.54, 1.807) is 35.2 Å². The van der Waals surface area contributed by atoms with Gasteiger partial charge in [0.25, 0.3) is 0 Å². The molecule has 0 saturated heterocycles. The van der Waals surface area contributed by atoms with Crippen LogP contribution in [0.2, 0.25) is 0 Å². The summed E-state index contributed by atoms with van der Waals surface area (Å²) in [6.07, 6.45) is 2.30. The lowest BCUT2D eigenvalue weighted by atomic mass is 10.1. The lowest BCUT2D eigenvalue weighted by Crippen LogP contribution is -2.10. The molecule has 1 unspecified atom stereocenters. The third-order valence-corrected chi connectivity index (χ3v) is 3.22. The fraction of sp³-hybridized carbons (Fsp3) is 0.250. The van der Waals surface area contributed by atoms with Crippen molar-refractivity contribution in [1.29, 1.82) is 0 Å². The van der Waals surface area contributed by atoms with Gasteiger partial charge in [0, 0.05) is 24.5 Å². The van der Waals surface area contributed by atoms with Crippen molar-refractivity contribution in [3.05, 3.63) is 52.3 Å². The molecule has 0 spiro atoms. The number of aliphatic hydroxyl groups excluding tert-OH is 1. The second-order valence-electron chi connectivity index (χ2n) is 3.62. The summed E-state index contributed by atoms with van der Waals surface area (Å²) in [7, 11) is 0. The summed E-state index contributed by atoms with van der Waals surface area (Å²) in [5.41, 5.74) is 0.222. The van der Waals surface area contributed by atoms with Gasteiger partial charge in [0.15, 0.2) is 0 Å². The second kappa shape index (κ2) is 4.98. The lowest BCUT2D eigenvalue weighted by Gasteiger charge is -2.13. The van der Waals surface area contributed by atoms with Crippen molar-refractivity contribution in [3.63, 3.8) is 0 Å². The van der Waals surface area contributed by atoms with E-state index in [-0.39, 0.29) is 5.56 Å². The maximum absolute atomic E-state index is 13.8. The molecule has 5 heteroatoms. The van der Waals surface area contributed by atoms with Crippen LogP contribution in [0.3, 0.4) is 0 Å². The summed E-state index contributed by atoms with van der Waals surface area (Å²) < 4.78 is 16.0. The van der Waals surface area contributed by atoms with E-state index in [1.807, 2.05) is 6.92 Å². The number of benzene rings is 1. The minimum atomic E-state index is -1.05. The van der Waals surface area contributed by atoms with Crippen molar-refractivity contribution in [1.82, 2.24) is 9.55 Å². The van der Waals surface area contributed by atoms with E-state index in [1.165, 1.54) is 0 Å². The smallest absolute Gasteiger partial charge is 0.143 e. The van der Waals surface area contributed by atoms with Crippen LogP contribution in [0.5, 0.6) is 0 Å². The monoisotopic (exact) mass is 298 g/mol. The molecule has 1 N–H and O–H groups in total. The van der Waals surface area contributed by atoms with Crippen LogP contribution in [-0.2, 0) is 6.54 Å². The van der Waals surface area contributed by atoms with Crippen molar-refractivity contribution in [2.75, 3.05) is 0 Å². The molecule has 2 aromatic rings. The number of hydrogen-bond acceptors (Lipinski definition) is 2. The maximum Gasteiger partial charge on any atom is 0.143 e. The Kier molecular flexibility index (Phi) is 3.59. The SMILES string of the molecule is CCn1ccnc1C(O)c1cccc(Br)c1F. The molecule has 90 valence electrons. The molecule has 0 fully saturated rings. The molecule has 0 aliphatic carbocycles. The van der Waals surface area contributed by atoms with Crippen LogP contribution in [0, 0.1) is 5.82 Å². The van der Waals surface area contributed by atoms with Crippen LogP contribution in [0.1, 0.15) is 24.4 Å². The molecule has 0 saturated carbocycles. The number of imidazole rings is 1. The fourth-order valence-electron chi connectivity index (χ4n) is 1.71. The Labute approximate surface area is 107 Å². The molecule has 1 heterocycles. The molecule has 0 aliphatic heterocycles. The molecule has 1 aromatic heterocycles. The average molecular weight is 299 g/mol. The minimum absolute atomic E-state index is 0.222. The number of halogens is 2. The zero-order chi connectivity index (χ0) is 12.4. The Bertz CT molecular complexity index is 527. The van der Waals surface area contributed by atoms with E-state index in [2.05, 4.69) is 20.9 Å². The summed E-state index contributed by atoms with van der Waals surface area (Å²) in [5.74, 6) is -0.00449. The first kappa shape index (κ1) is 12.3. The highest BCUT2D eigenvalue weighted by Crippen LogP contribution is 2.27. The Morgan fingerprint density at radius 1 is 1.53 bits per heavy atom. The highest BCUT2D eigenvalue weighted by atomic mass is 79.9. The predicted molar refractivity (Wildman–Crippen MR) is 66.1 cm³/mol. The summed E-state index contributed by atoms with van der Waals surface area (Å²) in [6, 6.07) is 4.84. The number of rotatable bonds is 3. The third kappa shape index (κ3) is 2.25. The Morgan fingerprint density at radius 3 is 3.00 bits per heavy atom. The molecule has 17 heavy (non-hydrogen) atoms. The first-order chi connectivity index (χ1) is 8.15. The largest absolute Gasteiger partial charge is 0.380 e. The molecule has 0 bridgehead atoms. The summed E-state index contributed by atoms with van der Waals surface area (Å²) in [6.45, 7) is 2.62. The fourth-order valence-corrected chi connectivity index (χ4v) is 2.09. The zero-order valence-corrected chi connectivity index (χ0v) is 10.9. The van der Waals surface area contributed by atoms with Gasteiger partial charge in [-0.2, -0.15) is 0 Å². The average Bonchev–Trinajstić information content (AvgIpc) is 2.80. The summed E-state index contributed by atoms with van der Waals surface area (Å²) >= 11 is 3.10. The molecule has 0 radical (unpaired) electrons. The molecule has 1 aromatic carbocycles. The summed E-state index contributed by atoms with van der Waals surface area (Å²) in [4.78, 5) is 4.07. The Balaban J connectivity index is 2.44. The highest BCUT2D eigenvalue weighted by Gasteiger charge is 2.20. The van der Waals surface area contributed by atoms with Gasteiger partial charge in [-0.15, -0.1) is 0 Å². The topological polar surface area (TPSA) is 38.0 Å². The minimum Gasteiger partial charge on any atom is -0.380 e. The van der Waals surface area contributed by atoms with Gasteiger partial charge in [-0.25, -0.2) is 9.37 Å².